The standard InChI is InChI=1S/C37H47N9O3/c1-5-49-30-9-10-32-28(21-30)13-16-45(33(47)24-42(3)4)37(32)14-11-27(12-15-37)36(48)44-19-17-43(18-20-44)34-31-22-40-46(35(31)39-25-38-34)23-29-8-6-7-26(2)41-29/h6-10,21-22,25,27H,5,11-20,23-24H2,1-4H3/t27-,37+. The van der Waals surface area contributed by atoms with Crippen molar-refractivity contribution in [2.24, 2.45) is 5.92 Å². The molecule has 12 nitrogen and oxygen atoms in total. The van der Waals surface area contributed by atoms with Gasteiger partial charge in [-0.05, 0) is 95.4 Å². The van der Waals surface area contributed by atoms with Crippen molar-refractivity contribution in [3.05, 3.63) is 71.4 Å². The van der Waals surface area contributed by atoms with Crippen LogP contribution in [0, 0.1) is 12.8 Å². The predicted molar refractivity (Wildman–Crippen MR) is 187 cm³/mol. The van der Waals surface area contributed by atoms with Crippen molar-refractivity contribution < 1.29 is 14.3 Å². The predicted octanol–water partition coefficient (Wildman–Crippen LogP) is 3.66. The number of hydrogen-bond donors (Lipinski definition) is 0. The van der Waals surface area contributed by atoms with Gasteiger partial charge >= 0.3 is 0 Å². The highest BCUT2D eigenvalue weighted by molar-refractivity contribution is 5.87. The zero-order valence-corrected chi connectivity index (χ0v) is 29.1. The number of pyridine rings is 1. The number of hydrogen-bond acceptors (Lipinski definition) is 9. The molecule has 1 aliphatic carbocycles. The first-order valence-corrected chi connectivity index (χ1v) is 17.6. The zero-order valence-electron chi connectivity index (χ0n) is 29.1. The van der Waals surface area contributed by atoms with Crippen LogP contribution in [0.15, 0.2) is 48.9 Å². The number of benzene rings is 1. The van der Waals surface area contributed by atoms with Crippen LogP contribution in [-0.4, -0.2) is 111 Å². The number of aryl methyl sites for hydroxylation is 1. The molecule has 1 saturated heterocycles. The summed E-state index contributed by atoms with van der Waals surface area (Å²) >= 11 is 0. The monoisotopic (exact) mass is 665 g/mol. The molecule has 258 valence electrons. The van der Waals surface area contributed by atoms with E-state index in [1.807, 2.05) is 72.9 Å². The van der Waals surface area contributed by atoms with Crippen molar-refractivity contribution in [3.63, 3.8) is 0 Å². The molecule has 0 atom stereocenters. The van der Waals surface area contributed by atoms with Crippen molar-refractivity contribution in [3.8, 4) is 5.75 Å². The lowest BCUT2D eigenvalue weighted by Gasteiger charge is -2.52. The van der Waals surface area contributed by atoms with E-state index >= 15 is 0 Å². The van der Waals surface area contributed by atoms with Crippen LogP contribution in [0.5, 0.6) is 5.75 Å². The number of carbonyl (C=O) groups is 2. The van der Waals surface area contributed by atoms with E-state index in [9.17, 15) is 9.59 Å². The quantitative estimate of drug-likeness (QED) is 0.278. The first-order chi connectivity index (χ1) is 23.8. The molecule has 0 bridgehead atoms. The highest BCUT2D eigenvalue weighted by Gasteiger charge is 2.48. The first kappa shape index (κ1) is 32.9. The van der Waals surface area contributed by atoms with Crippen LogP contribution in [0.4, 0.5) is 5.82 Å². The van der Waals surface area contributed by atoms with Crippen molar-refractivity contribution >= 4 is 28.7 Å². The molecule has 5 heterocycles. The fourth-order valence-electron chi connectivity index (χ4n) is 8.17. The topological polar surface area (TPSA) is 113 Å². The van der Waals surface area contributed by atoms with E-state index in [2.05, 4.69) is 42.0 Å². The van der Waals surface area contributed by atoms with Gasteiger partial charge in [0, 0.05) is 44.3 Å². The number of carbonyl (C=O) groups excluding carboxylic acids is 2. The molecule has 1 spiro atoms. The molecule has 0 N–H and O–H groups in total. The van der Waals surface area contributed by atoms with Crippen LogP contribution < -0.4 is 9.64 Å². The number of piperazine rings is 1. The number of nitrogens with zero attached hydrogens (tertiary/aromatic N) is 9. The molecule has 49 heavy (non-hydrogen) atoms. The number of likely N-dealkylation sites (N-methyl/N-ethyl adjacent to an activating group) is 1. The average Bonchev–Trinajstić information content (AvgIpc) is 3.51. The minimum Gasteiger partial charge on any atom is -0.494 e. The Kier molecular flexibility index (Phi) is 9.23. The third-order valence-electron chi connectivity index (χ3n) is 10.5. The summed E-state index contributed by atoms with van der Waals surface area (Å²) in [5.41, 5.74) is 4.78. The van der Waals surface area contributed by atoms with E-state index in [-0.39, 0.29) is 23.3 Å². The van der Waals surface area contributed by atoms with Gasteiger partial charge < -0.3 is 24.3 Å². The summed E-state index contributed by atoms with van der Waals surface area (Å²) in [5.74, 6) is 2.07. The molecule has 2 amide bonds. The van der Waals surface area contributed by atoms with E-state index < -0.39 is 0 Å². The summed E-state index contributed by atoms with van der Waals surface area (Å²) in [5, 5.41) is 5.53. The molecule has 7 rings (SSSR count). The zero-order chi connectivity index (χ0) is 34.1. The van der Waals surface area contributed by atoms with Crippen molar-refractivity contribution in [1.29, 1.82) is 0 Å². The third kappa shape index (κ3) is 6.46. The SMILES string of the molecule is CCOc1ccc2c(c1)CCN(C(=O)CN(C)C)[C@]21CC[C@@H](C(=O)N2CCN(c3ncnc4c3cnn4Cc3cccc(C)n3)CC2)CC1. The molecular weight excluding hydrogens is 618 g/mol. The van der Waals surface area contributed by atoms with Crippen LogP contribution in [0.2, 0.25) is 0 Å². The van der Waals surface area contributed by atoms with Gasteiger partial charge in [0.15, 0.2) is 5.65 Å². The maximum atomic E-state index is 14.0. The van der Waals surface area contributed by atoms with Gasteiger partial charge in [0.2, 0.25) is 11.8 Å². The smallest absolute Gasteiger partial charge is 0.237 e. The lowest BCUT2D eigenvalue weighted by molar-refractivity contribution is -0.144. The maximum absolute atomic E-state index is 14.0. The van der Waals surface area contributed by atoms with Gasteiger partial charge in [0.1, 0.15) is 17.9 Å². The van der Waals surface area contributed by atoms with E-state index in [0.717, 1.165) is 66.1 Å². The molecule has 4 aromatic rings. The van der Waals surface area contributed by atoms with Gasteiger partial charge in [-0.1, -0.05) is 12.1 Å². The van der Waals surface area contributed by atoms with Crippen LogP contribution >= 0.6 is 0 Å². The Labute approximate surface area is 288 Å². The number of anilines is 1. The van der Waals surface area contributed by atoms with Gasteiger partial charge in [-0.2, -0.15) is 5.10 Å². The number of ether oxygens (including phenoxy) is 1. The molecule has 3 aromatic heterocycles. The van der Waals surface area contributed by atoms with E-state index in [1.54, 1.807) is 6.33 Å². The second-order valence-electron chi connectivity index (χ2n) is 13.9. The Bertz CT molecular complexity index is 1820. The van der Waals surface area contributed by atoms with Crippen molar-refractivity contribution in [2.75, 3.05) is 64.9 Å². The Balaban J connectivity index is 1.02. The molecule has 12 heteroatoms. The molecule has 3 aliphatic rings. The molecular formula is C37H47N9O3. The Morgan fingerprint density at radius 1 is 1.02 bits per heavy atom. The first-order valence-electron chi connectivity index (χ1n) is 17.6. The minimum atomic E-state index is -0.390. The number of rotatable bonds is 8. The lowest BCUT2D eigenvalue weighted by atomic mass is 9.68. The fraction of sp³-hybridized carbons (Fsp3) is 0.514. The number of amides is 2. The molecule has 1 aromatic carbocycles. The van der Waals surface area contributed by atoms with E-state index in [0.29, 0.717) is 52.4 Å². The van der Waals surface area contributed by atoms with Crippen LogP contribution in [0.3, 0.4) is 0 Å². The molecule has 2 aliphatic heterocycles. The van der Waals surface area contributed by atoms with Gasteiger partial charge in [0.05, 0.1) is 42.5 Å². The summed E-state index contributed by atoms with van der Waals surface area (Å²) in [4.78, 5) is 49.7. The largest absolute Gasteiger partial charge is 0.494 e. The minimum absolute atomic E-state index is 0.0460. The Morgan fingerprint density at radius 2 is 1.82 bits per heavy atom. The van der Waals surface area contributed by atoms with Crippen molar-refractivity contribution in [1.82, 2.24) is 39.4 Å². The van der Waals surface area contributed by atoms with E-state index in [4.69, 9.17) is 4.74 Å². The van der Waals surface area contributed by atoms with Crippen LogP contribution in [-0.2, 0) is 28.1 Å². The molecule has 2 fully saturated rings. The Morgan fingerprint density at radius 3 is 2.55 bits per heavy atom. The van der Waals surface area contributed by atoms with Gasteiger partial charge in [-0.25, -0.2) is 14.6 Å². The Hall–Kier alpha value is -4.58. The summed E-state index contributed by atoms with van der Waals surface area (Å²) in [6, 6.07) is 12.4. The van der Waals surface area contributed by atoms with Gasteiger partial charge in [0.25, 0.3) is 0 Å². The highest BCUT2D eigenvalue weighted by Crippen LogP contribution is 2.48. The highest BCUT2D eigenvalue weighted by atomic mass is 16.5. The second-order valence-corrected chi connectivity index (χ2v) is 13.9. The summed E-state index contributed by atoms with van der Waals surface area (Å²) in [6.07, 6.45) is 7.34. The van der Waals surface area contributed by atoms with E-state index in [1.165, 1.54) is 11.1 Å². The van der Waals surface area contributed by atoms with Crippen molar-refractivity contribution in [2.45, 2.75) is 58.0 Å². The third-order valence-corrected chi connectivity index (χ3v) is 10.5. The molecule has 0 radical (unpaired) electrons. The normalized spacial score (nSPS) is 21.0. The lowest BCUT2D eigenvalue weighted by Crippen LogP contribution is -2.57. The molecule has 0 unspecified atom stereocenters. The van der Waals surface area contributed by atoms with Gasteiger partial charge in [-0.15, -0.1) is 0 Å². The summed E-state index contributed by atoms with van der Waals surface area (Å²) in [6.45, 7) is 8.88. The molecule has 1 saturated carbocycles. The number of fused-ring (bicyclic) bond motifs is 3. The summed E-state index contributed by atoms with van der Waals surface area (Å²) in [7, 11) is 3.88. The average molecular weight is 666 g/mol. The second kappa shape index (κ2) is 13.7. The van der Waals surface area contributed by atoms with Gasteiger partial charge in [-0.3, -0.25) is 14.6 Å². The fourth-order valence-corrected chi connectivity index (χ4v) is 8.17. The van der Waals surface area contributed by atoms with Crippen LogP contribution in [0.1, 0.15) is 55.1 Å². The maximum Gasteiger partial charge on any atom is 0.237 e. The van der Waals surface area contributed by atoms with Crippen LogP contribution in [0.25, 0.3) is 11.0 Å². The number of aromatic nitrogens is 5. The summed E-state index contributed by atoms with van der Waals surface area (Å²) < 4.78 is 7.69.